The summed E-state index contributed by atoms with van der Waals surface area (Å²) in [6.45, 7) is 2.11. The van der Waals surface area contributed by atoms with E-state index in [9.17, 15) is 20.1 Å². The molecule has 3 aromatic rings. The number of phenols is 3. The summed E-state index contributed by atoms with van der Waals surface area (Å²) in [5.74, 6) is -0.943. The Hall–Kier alpha value is -4.44. The van der Waals surface area contributed by atoms with Gasteiger partial charge in [-0.2, -0.15) is 15.0 Å². The van der Waals surface area contributed by atoms with Gasteiger partial charge in [0, 0.05) is 62.1 Å². The van der Waals surface area contributed by atoms with Crippen LogP contribution in [0.4, 0.5) is 29.2 Å². The second-order valence-corrected chi connectivity index (χ2v) is 10.6. The van der Waals surface area contributed by atoms with E-state index in [0.29, 0.717) is 56.6 Å². The van der Waals surface area contributed by atoms with Crippen LogP contribution in [-0.2, 0) is 0 Å². The molecule has 0 bridgehead atoms. The van der Waals surface area contributed by atoms with Crippen molar-refractivity contribution in [2.75, 3.05) is 46.6 Å². The van der Waals surface area contributed by atoms with Crippen molar-refractivity contribution in [1.29, 1.82) is 0 Å². The van der Waals surface area contributed by atoms with Crippen molar-refractivity contribution in [3.05, 3.63) is 42.0 Å². The SMILES string of the molecule is N[C@@H]1C[C@H](N)CN(c2nc(Nc3ccc(NC(=O)c4cccc(O)c4O)c(O)c3)nc(N3C[C@H](N)C[C@H](N)C3)n2)C1. The summed E-state index contributed by atoms with van der Waals surface area (Å²) < 4.78 is 0. The number of phenolic OH excluding ortho intramolecular Hbond substituents is 3. The Balaban J connectivity index is 1.40. The Morgan fingerprint density at radius 1 is 0.780 bits per heavy atom. The second-order valence-electron chi connectivity index (χ2n) is 10.6. The summed E-state index contributed by atoms with van der Waals surface area (Å²) in [6, 6.07) is 7.97. The number of hydrogen-bond donors (Lipinski definition) is 9. The molecule has 5 rings (SSSR count). The lowest BCUT2D eigenvalue weighted by molar-refractivity contribution is 0.102. The third kappa shape index (κ3) is 6.49. The van der Waals surface area contributed by atoms with Gasteiger partial charge in [-0.15, -0.1) is 0 Å². The number of carbonyl (C=O) groups is 1. The molecule has 0 spiro atoms. The molecule has 2 saturated heterocycles. The molecule has 0 unspecified atom stereocenters. The Kier molecular flexibility index (Phi) is 7.94. The maximum absolute atomic E-state index is 12.6. The van der Waals surface area contributed by atoms with Gasteiger partial charge < -0.3 is 58.7 Å². The number of anilines is 5. The highest BCUT2D eigenvalue weighted by atomic mass is 16.3. The summed E-state index contributed by atoms with van der Waals surface area (Å²) in [5, 5.41) is 35.9. The van der Waals surface area contributed by atoms with Gasteiger partial charge in [-0.1, -0.05) is 6.07 Å². The number of nitrogens with two attached hydrogens (primary N) is 4. The molecule has 13 N–H and O–H groups in total. The first-order chi connectivity index (χ1) is 19.5. The highest BCUT2D eigenvalue weighted by Gasteiger charge is 2.29. The van der Waals surface area contributed by atoms with Crippen LogP contribution in [-0.4, -0.2) is 86.5 Å². The number of hydrogen-bond acceptors (Lipinski definition) is 14. The number of amides is 1. The number of aromatic hydroxyl groups is 3. The first-order valence-electron chi connectivity index (χ1n) is 13.3. The number of piperidine rings is 2. The summed E-state index contributed by atoms with van der Waals surface area (Å²) in [5.41, 5.74) is 25.2. The molecule has 1 aromatic heterocycles. The van der Waals surface area contributed by atoms with Gasteiger partial charge in [0.05, 0.1) is 11.3 Å². The van der Waals surface area contributed by atoms with E-state index >= 15 is 0 Å². The van der Waals surface area contributed by atoms with E-state index in [0.717, 1.165) is 0 Å². The molecule has 15 nitrogen and oxygen atoms in total. The molecule has 2 aromatic carbocycles. The summed E-state index contributed by atoms with van der Waals surface area (Å²) >= 11 is 0. The molecule has 0 aliphatic carbocycles. The van der Waals surface area contributed by atoms with Gasteiger partial charge in [0.2, 0.25) is 17.8 Å². The molecular weight excluding hydrogens is 530 g/mol. The molecule has 1 amide bonds. The summed E-state index contributed by atoms with van der Waals surface area (Å²) in [7, 11) is 0. The van der Waals surface area contributed by atoms with Crippen molar-refractivity contribution < 1.29 is 20.1 Å². The fourth-order valence-corrected chi connectivity index (χ4v) is 5.12. The van der Waals surface area contributed by atoms with E-state index in [2.05, 4.69) is 20.6 Å². The highest BCUT2D eigenvalue weighted by Crippen LogP contribution is 2.32. The maximum Gasteiger partial charge on any atom is 0.259 e. The number of benzene rings is 2. The number of carbonyl (C=O) groups excluding carboxylic acids is 1. The van der Waals surface area contributed by atoms with Crippen LogP contribution in [0, 0.1) is 0 Å². The quantitative estimate of drug-likeness (QED) is 0.174. The van der Waals surface area contributed by atoms with Gasteiger partial charge in [-0.05, 0) is 37.1 Å². The molecule has 0 radical (unpaired) electrons. The molecule has 218 valence electrons. The molecule has 2 aliphatic rings. The lowest BCUT2D eigenvalue weighted by Crippen LogP contribution is -2.54. The normalized spacial score (nSPS) is 22.8. The van der Waals surface area contributed by atoms with E-state index in [4.69, 9.17) is 27.9 Å². The number of rotatable bonds is 6. The molecule has 41 heavy (non-hydrogen) atoms. The van der Waals surface area contributed by atoms with Crippen molar-refractivity contribution in [1.82, 2.24) is 15.0 Å². The van der Waals surface area contributed by atoms with Crippen molar-refractivity contribution in [3.8, 4) is 17.2 Å². The van der Waals surface area contributed by atoms with Gasteiger partial charge in [0.25, 0.3) is 5.91 Å². The number of nitrogens with zero attached hydrogens (tertiary/aromatic N) is 5. The van der Waals surface area contributed by atoms with E-state index in [1.54, 1.807) is 6.07 Å². The third-order valence-electron chi connectivity index (χ3n) is 6.97. The number of nitrogens with one attached hydrogen (secondary N) is 2. The molecular formula is C26H35N11O4. The van der Waals surface area contributed by atoms with Crippen molar-refractivity contribution in [2.24, 2.45) is 22.9 Å². The van der Waals surface area contributed by atoms with Crippen molar-refractivity contribution in [2.45, 2.75) is 37.0 Å². The maximum atomic E-state index is 12.6. The first kappa shape index (κ1) is 28.1. The number of aromatic nitrogens is 3. The molecule has 2 fully saturated rings. The lowest BCUT2D eigenvalue weighted by atomic mass is 10.0. The first-order valence-corrected chi connectivity index (χ1v) is 13.3. The van der Waals surface area contributed by atoms with E-state index in [1.165, 1.54) is 30.3 Å². The zero-order valence-electron chi connectivity index (χ0n) is 22.3. The van der Waals surface area contributed by atoms with Gasteiger partial charge in [-0.25, -0.2) is 0 Å². The largest absolute Gasteiger partial charge is 0.506 e. The summed E-state index contributed by atoms with van der Waals surface area (Å²) in [4.78, 5) is 30.3. The Morgan fingerprint density at radius 3 is 1.88 bits per heavy atom. The predicted octanol–water partition coefficient (Wildman–Crippen LogP) is -0.286. The molecule has 4 atom stereocenters. The third-order valence-corrected chi connectivity index (χ3v) is 6.97. The molecule has 15 heteroatoms. The number of para-hydroxylation sites is 1. The van der Waals surface area contributed by atoms with Crippen LogP contribution < -0.4 is 43.4 Å². The van der Waals surface area contributed by atoms with Gasteiger partial charge >= 0.3 is 0 Å². The lowest BCUT2D eigenvalue weighted by Gasteiger charge is -2.37. The molecule has 3 heterocycles. The smallest absolute Gasteiger partial charge is 0.259 e. The fraction of sp³-hybridized carbons (Fsp3) is 0.385. The zero-order chi connectivity index (χ0) is 29.3. The van der Waals surface area contributed by atoms with Gasteiger partial charge in [0.15, 0.2) is 11.5 Å². The Morgan fingerprint density at radius 2 is 1.34 bits per heavy atom. The fourth-order valence-electron chi connectivity index (χ4n) is 5.12. The monoisotopic (exact) mass is 565 g/mol. The van der Waals surface area contributed by atoms with Gasteiger partial charge in [-0.3, -0.25) is 4.79 Å². The summed E-state index contributed by atoms with van der Waals surface area (Å²) in [6.07, 6.45) is 1.39. The topological polar surface area (TPSA) is 251 Å². The van der Waals surface area contributed by atoms with Crippen LogP contribution >= 0.6 is 0 Å². The zero-order valence-corrected chi connectivity index (χ0v) is 22.3. The standard InChI is InChI=1S/C26H35N11O4/c27-13-6-14(28)10-36(9-13)25-33-24(34-26(35-25)37-11-15(29)7-16(30)12-37)31-17-4-5-19(21(39)8-17)32-23(41)18-2-1-3-20(38)22(18)40/h1-5,8,13-16,38-40H,6-7,9-12,27-30H2,(H,32,41)(H,31,33,34,35)/t13-,14+,15-,16+. The second kappa shape index (κ2) is 11.6. The molecule has 2 aliphatic heterocycles. The van der Waals surface area contributed by atoms with Crippen LogP contribution in [0.15, 0.2) is 36.4 Å². The van der Waals surface area contributed by atoms with E-state index < -0.39 is 17.4 Å². The highest BCUT2D eigenvalue weighted by molar-refractivity contribution is 6.07. The average molecular weight is 566 g/mol. The average Bonchev–Trinajstić information content (AvgIpc) is 2.90. The Bertz CT molecular complexity index is 1360. The van der Waals surface area contributed by atoms with E-state index in [-0.39, 0.29) is 47.1 Å². The van der Waals surface area contributed by atoms with Crippen LogP contribution in [0.3, 0.4) is 0 Å². The minimum Gasteiger partial charge on any atom is -0.506 e. The van der Waals surface area contributed by atoms with Crippen molar-refractivity contribution >= 4 is 35.1 Å². The van der Waals surface area contributed by atoms with Crippen LogP contribution in [0.25, 0.3) is 0 Å². The van der Waals surface area contributed by atoms with Crippen LogP contribution in [0.5, 0.6) is 17.2 Å². The minimum atomic E-state index is -0.711. The molecule has 0 saturated carbocycles. The van der Waals surface area contributed by atoms with Crippen molar-refractivity contribution in [3.63, 3.8) is 0 Å². The Labute approximate surface area is 236 Å². The van der Waals surface area contributed by atoms with E-state index in [1.807, 2.05) is 9.80 Å². The predicted molar refractivity (Wildman–Crippen MR) is 155 cm³/mol. The van der Waals surface area contributed by atoms with Gasteiger partial charge in [0.1, 0.15) is 5.75 Å². The van der Waals surface area contributed by atoms with Crippen LogP contribution in [0.2, 0.25) is 0 Å². The minimum absolute atomic E-state index is 0.0906. The van der Waals surface area contributed by atoms with Crippen LogP contribution in [0.1, 0.15) is 23.2 Å².